The average Bonchev–Trinajstić information content (AvgIpc) is 2.29. The van der Waals surface area contributed by atoms with Crippen molar-refractivity contribution in [3.8, 4) is 0 Å². The van der Waals surface area contributed by atoms with Crippen LogP contribution in [0.2, 0.25) is 0 Å². The van der Waals surface area contributed by atoms with Gasteiger partial charge < -0.3 is 4.79 Å². The summed E-state index contributed by atoms with van der Waals surface area (Å²) in [5.41, 5.74) is 1.49. The summed E-state index contributed by atoms with van der Waals surface area (Å²) in [5.74, 6) is 0.0682. The van der Waals surface area contributed by atoms with Gasteiger partial charge in [-0.1, -0.05) is 6.92 Å². The minimum Gasteiger partial charge on any atom is -0.303 e. The Labute approximate surface area is 103 Å². The predicted octanol–water partition coefficient (Wildman–Crippen LogP) is 2.96. The van der Waals surface area contributed by atoms with Crippen molar-refractivity contribution in [1.29, 1.82) is 0 Å². The van der Waals surface area contributed by atoms with Gasteiger partial charge in [-0.25, -0.2) is 4.98 Å². The number of nitrogens with zero attached hydrogens (tertiary/aromatic N) is 1. The molecule has 1 aromatic rings. The van der Waals surface area contributed by atoms with Gasteiger partial charge in [-0.2, -0.15) is 0 Å². The first-order valence-electron chi connectivity index (χ1n) is 5.31. The lowest BCUT2D eigenvalue weighted by Crippen LogP contribution is -2.05. The summed E-state index contributed by atoms with van der Waals surface area (Å²) in [6.07, 6.45) is 3.04. The Morgan fingerprint density at radius 3 is 2.88 bits per heavy atom. The number of aromatic nitrogens is 1. The Kier molecular flexibility index (Phi) is 5.32. The molecular formula is C12H14BrNO2. The molecule has 0 amide bonds. The van der Waals surface area contributed by atoms with E-state index < -0.39 is 0 Å². The molecule has 0 unspecified atom stereocenters. The van der Waals surface area contributed by atoms with Crippen LogP contribution < -0.4 is 0 Å². The second-order valence-electron chi connectivity index (χ2n) is 3.46. The third-order valence-electron chi connectivity index (χ3n) is 2.30. The molecule has 0 aliphatic heterocycles. The fraction of sp³-hybridized carbons (Fsp3) is 0.417. The highest BCUT2D eigenvalue weighted by Crippen LogP contribution is 2.15. The van der Waals surface area contributed by atoms with Gasteiger partial charge in [0.15, 0.2) is 5.78 Å². The lowest BCUT2D eigenvalue weighted by molar-refractivity contribution is -0.107. The van der Waals surface area contributed by atoms with Crippen molar-refractivity contribution >= 4 is 28.0 Å². The Hall–Kier alpha value is -1.03. The maximum atomic E-state index is 11.8. The molecule has 86 valence electrons. The Morgan fingerprint density at radius 2 is 2.25 bits per heavy atom. The summed E-state index contributed by atoms with van der Waals surface area (Å²) in [7, 11) is 0. The first kappa shape index (κ1) is 13.0. The van der Waals surface area contributed by atoms with Crippen molar-refractivity contribution < 1.29 is 9.59 Å². The predicted molar refractivity (Wildman–Crippen MR) is 65.6 cm³/mol. The topological polar surface area (TPSA) is 47.0 Å². The van der Waals surface area contributed by atoms with Crippen molar-refractivity contribution in [2.24, 2.45) is 0 Å². The van der Waals surface area contributed by atoms with E-state index in [1.54, 1.807) is 12.1 Å². The van der Waals surface area contributed by atoms with Crippen molar-refractivity contribution in [3.63, 3.8) is 0 Å². The summed E-state index contributed by atoms with van der Waals surface area (Å²) in [6.45, 7) is 1.97. The molecule has 4 heteroatoms. The van der Waals surface area contributed by atoms with E-state index in [1.165, 1.54) is 0 Å². The third-order valence-corrected chi connectivity index (χ3v) is 2.74. The third kappa shape index (κ3) is 3.52. The number of Topliss-reactive ketones (excluding diaryl/α,β-unsaturated/α-hetero) is 1. The van der Waals surface area contributed by atoms with Crippen LogP contribution in [0.3, 0.4) is 0 Å². The maximum Gasteiger partial charge on any atom is 0.164 e. The number of hydrogen-bond donors (Lipinski definition) is 0. The van der Waals surface area contributed by atoms with E-state index in [0.29, 0.717) is 24.8 Å². The normalized spacial score (nSPS) is 10.1. The number of pyridine rings is 1. The van der Waals surface area contributed by atoms with Crippen LogP contribution in [0, 0.1) is 0 Å². The van der Waals surface area contributed by atoms with E-state index in [2.05, 4.69) is 20.9 Å². The zero-order chi connectivity index (χ0) is 12.0. The molecule has 0 saturated carbocycles. The maximum absolute atomic E-state index is 11.8. The fourth-order valence-electron chi connectivity index (χ4n) is 1.48. The van der Waals surface area contributed by atoms with Gasteiger partial charge in [-0.05, 0) is 40.9 Å². The Balaban J connectivity index is 2.78. The summed E-state index contributed by atoms with van der Waals surface area (Å²) >= 11 is 3.28. The molecule has 3 nitrogen and oxygen atoms in total. The van der Waals surface area contributed by atoms with E-state index in [0.717, 1.165) is 23.0 Å². The van der Waals surface area contributed by atoms with Gasteiger partial charge in [0.05, 0.1) is 5.69 Å². The first-order valence-corrected chi connectivity index (χ1v) is 6.10. The molecule has 1 heterocycles. The molecule has 0 aliphatic carbocycles. The van der Waals surface area contributed by atoms with Gasteiger partial charge in [0.2, 0.25) is 0 Å². The highest BCUT2D eigenvalue weighted by molar-refractivity contribution is 9.10. The van der Waals surface area contributed by atoms with Crippen LogP contribution in [0.1, 0.15) is 42.2 Å². The monoisotopic (exact) mass is 283 g/mol. The molecule has 1 rings (SSSR count). The van der Waals surface area contributed by atoms with E-state index in [4.69, 9.17) is 0 Å². The SMILES string of the molecule is CCc1nc(Br)ccc1C(=O)CCCC=O. The van der Waals surface area contributed by atoms with Crippen LogP contribution in [0.5, 0.6) is 0 Å². The number of halogens is 1. The number of carbonyl (C=O) groups is 2. The zero-order valence-electron chi connectivity index (χ0n) is 9.20. The van der Waals surface area contributed by atoms with Crippen LogP contribution in [0.4, 0.5) is 0 Å². The van der Waals surface area contributed by atoms with Crippen molar-refractivity contribution in [2.45, 2.75) is 32.6 Å². The lowest BCUT2D eigenvalue weighted by Gasteiger charge is -2.05. The quantitative estimate of drug-likeness (QED) is 0.349. The minimum absolute atomic E-state index is 0.0682. The molecule has 0 N–H and O–H groups in total. The number of rotatable bonds is 6. The van der Waals surface area contributed by atoms with Crippen LogP contribution in [0.25, 0.3) is 0 Å². The van der Waals surface area contributed by atoms with Crippen molar-refractivity contribution in [2.75, 3.05) is 0 Å². The second kappa shape index (κ2) is 6.53. The number of unbranched alkanes of at least 4 members (excludes halogenated alkanes) is 1. The molecule has 0 aliphatic rings. The average molecular weight is 284 g/mol. The lowest BCUT2D eigenvalue weighted by atomic mass is 10.0. The second-order valence-corrected chi connectivity index (χ2v) is 4.28. The molecule has 0 spiro atoms. The first-order chi connectivity index (χ1) is 7.69. The van der Waals surface area contributed by atoms with E-state index in [-0.39, 0.29) is 5.78 Å². The summed E-state index contributed by atoms with van der Waals surface area (Å²) in [5, 5.41) is 0. The number of ketones is 1. The largest absolute Gasteiger partial charge is 0.303 e. The highest BCUT2D eigenvalue weighted by atomic mass is 79.9. The van der Waals surface area contributed by atoms with Gasteiger partial charge in [-0.15, -0.1) is 0 Å². The van der Waals surface area contributed by atoms with Crippen LogP contribution in [-0.4, -0.2) is 17.1 Å². The molecule has 16 heavy (non-hydrogen) atoms. The van der Waals surface area contributed by atoms with Crippen LogP contribution in [-0.2, 0) is 11.2 Å². The molecule has 0 saturated heterocycles. The highest BCUT2D eigenvalue weighted by Gasteiger charge is 2.11. The van der Waals surface area contributed by atoms with Crippen molar-refractivity contribution in [3.05, 3.63) is 28.0 Å². The standard InChI is InChI=1S/C12H14BrNO2/c1-2-10-9(6-7-12(13)14-10)11(16)5-3-4-8-15/h6-8H,2-5H2,1H3. The number of hydrogen-bond acceptors (Lipinski definition) is 3. The van der Waals surface area contributed by atoms with Crippen LogP contribution in [0.15, 0.2) is 16.7 Å². The van der Waals surface area contributed by atoms with Gasteiger partial charge in [0.1, 0.15) is 10.9 Å². The smallest absolute Gasteiger partial charge is 0.164 e. The van der Waals surface area contributed by atoms with Gasteiger partial charge in [0, 0.05) is 18.4 Å². The molecule has 0 aromatic carbocycles. The fourth-order valence-corrected chi connectivity index (χ4v) is 1.82. The van der Waals surface area contributed by atoms with Gasteiger partial charge >= 0.3 is 0 Å². The molecule has 1 aromatic heterocycles. The summed E-state index contributed by atoms with van der Waals surface area (Å²) in [6, 6.07) is 3.56. The number of aryl methyl sites for hydroxylation is 1. The molecule has 0 bridgehead atoms. The van der Waals surface area contributed by atoms with E-state index in [9.17, 15) is 9.59 Å². The Bertz CT molecular complexity index is 391. The molecular weight excluding hydrogens is 270 g/mol. The summed E-state index contributed by atoms with van der Waals surface area (Å²) in [4.78, 5) is 26.3. The minimum atomic E-state index is 0.0682. The Morgan fingerprint density at radius 1 is 1.50 bits per heavy atom. The van der Waals surface area contributed by atoms with Gasteiger partial charge in [0.25, 0.3) is 0 Å². The van der Waals surface area contributed by atoms with Crippen molar-refractivity contribution in [1.82, 2.24) is 4.98 Å². The molecule has 0 radical (unpaired) electrons. The van der Waals surface area contributed by atoms with E-state index >= 15 is 0 Å². The summed E-state index contributed by atoms with van der Waals surface area (Å²) < 4.78 is 0.744. The number of carbonyl (C=O) groups excluding carboxylic acids is 2. The molecule has 0 atom stereocenters. The van der Waals surface area contributed by atoms with Crippen LogP contribution >= 0.6 is 15.9 Å². The van der Waals surface area contributed by atoms with Gasteiger partial charge in [-0.3, -0.25) is 4.79 Å². The molecule has 0 fully saturated rings. The van der Waals surface area contributed by atoms with E-state index in [1.807, 2.05) is 6.92 Å². The number of aldehydes is 1. The zero-order valence-corrected chi connectivity index (χ0v) is 10.8.